The SMILES string of the molecule is CCNCC(=O)Nc1c(C)cc(C)cc1Br. The van der Waals surface area contributed by atoms with Crippen LogP contribution in [0.3, 0.4) is 0 Å². The summed E-state index contributed by atoms with van der Waals surface area (Å²) in [5.74, 6) is -0.0190. The van der Waals surface area contributed by atoms with Crippen LogP contribution >= 0.6 is 15.9 Å². The van der Waals surface area contributed by atoms with Gasteiger partial charge in [0, 0.05) is 4.47 Å². The van der Waals surface area contributed by atoms with E-state index in [0.717, 1.165) is 22.3 Å². The summed E-state index contributed by atoms with van der Waals surface area (Å²) in [6, 6.07) is 4.05. The van der Waals surface area contributed by atoms with E-state index in [1.807, 2.05) is 32.9 Å². The third kappa shape index (κ3) is 3.61. The second-order valence-corrected chi connectivity index (χ2v) is 4.62. The van der Waals surface area contributed by atoms with Crippen LogP contribution in [-0.4, -0.2) is 19.0 Å². The van der Waals surface area contributed by atoms with E-state index in [1.165, 1.54) is 5.56 Å². The number of hydrogen-bond acceptors (Lipinski definition) is 2. The van der Waals surface area contributed by atoms with Crippen LogP contribution in [0.5, 0.6) is 0 Å². The normalized spacial score (nSPS) is 10.2. The fourth-order valence-corrected chi connectivity index (χ4v) is 2.27. The molecule has 2 N–H and O–H groups in total. The first kappa shape index (κ1) is 13.2. The molecule has 0 aliphatic carbocycles. The summed E-state index contributed by atoms with van der Waals surface area (Å²) in [6.45, 7) is 7.13. The Balaban J connectivity index is 2.77. The molecule has 16 heavy (non-hydrogen) atoms. The van der Waals surface area contributed by atoms with Crippen LogP contribution < -0.4 is 10.6 Å². The number of nitrogens with one attached hydrogen (secondary N) is 2. The minimum atomic E-state index is -0.0190. The number of anilines is 1. The number of carbonyl (C=O) groups excluding carboxylic acids is 1. The third-order valence-corrected chi connectivity index (χ3v) is 2.86. The number of rotatable bonds is 4. The summed E-state index contributed by atoms with van der Waals surface area (Å²) >= 11 is 3.46. The highest BCUT2D eigenvalue weighted by Crippen LogP contribution is 2.27. The van der Waals surface area contributed by atoms with Gasteiger partial charge in [-0.05, 0) is 53.5 Å². The molecular formula is C12H17BrN2O. The van der Waals surface area contributed by atoms with Gasteiger partial charge in [0.25, 0.3) is 0 Å². The monoisotopic (exact) mass is 284 g/mol. The Bertz CT molecular complexity index is 368. The molecule has 0 aromatic heterocycles. The summed E-state index contributed by atoms with van der Waals surface area (Å²) in [7, 11) is 0. The quantitative estimate of drug-likeness (QED) is 0.893. The molecule has 1 rings (SSSR count). The molecule has 3 nitrogen and oxygen atoms in total. The maximum atomic E-state index is 11.6. The summed E-state index contributed by atoms with van der Waals surface area (Å²) in [5, 5.41) is 5.88. The van der Waals surface area contributed by atoms with E-state index >= 15 is 0 Å². The molecule has 1 aromatic rings. The highest BCUT2D eigenvalue weighted by molar-refractivity contribution is 9.10. The van der Waals surface area contributed by atoms with E-state index in [1.54, 1.807) is 0 Å². The van der Waals surface area contributed by atoms with Crippen LogP contribution in [0.25, 0.3) is 0 Å². The molecule has 0 aliphatic rings. The molecule has 0 fully saturated rings. The Hall–Kier alpha value is -0.870. The minimum absolute atomic E-state index is 0.0190. The Morgan fingerprint density at radius 3 is 2.62 bits per heavy atom. The number of likely N-dealkylation sites (N-methyl/N-ethyl adjacent to an activating group) is 1. The Morgan fingerprint density at radius 1 is 1.38 bits per heavy atom. The van der Waals surface area contributed by atoms with Gasteiger partial charge in [-0.25, -0.2) is 0 Å². The lowest BCUT2D eigenvalue weighted by molar-refractivity contribution is -0.115. The smallest absolute Gasteiger partial charge is 0.238 e. The fourth-order valence-electron chi connectivity index (χ4n) is 1.50. The van der Waals surface area contributed by atoms with Crippen molar-refractivity contribution in [3.05, 3.63) is 27.7 Å². The Kier molecular flexibility index (Phi) is 4.96. The number of halogens is 1. The molecule has 0 saturated carbocycles. The zero-order valence-electron chi connectivity index (χ0n) is 9.86. The molecular weight excluding hydrogens is 268 g/mol. The van der Waals surface area contributed by atoms with Gasteiger partial charge in [0.05, 0.1) is 12.2 Å². The Labute approximate surface area is 105 Å². The molecule has 0 saturated heterocycles. The molecule has 88 valence electrons. The number of carbonyl (C=O) groups is 1. The number of benzene rings is 1. The van der Waals surface area contributed by atoms with E-state index < -0.39 is 0 Å². The second kappa shape index (κ2) is 6.01. The molecule has 4 heteroatoms. The van der Waals surface area contributed by atoms with Crippen molar-refractivity contribution in [2.75, 3.05) is 18.4 Å². The van der Waals surface area contributed by atoms with Gasteiger partial charge in [0.1, 0.15) is 0 Å². The first-order valence-electron chi connectivity index (χ1n) is 5.32. The zero-order chi connectivity index (χ0) is 12.1. The maximum Gasteiger partial charge on any atom is 0.238 e. The average molecular weight is 285 g/mol. The van der Waals surface area contributed by atoms with Gasteiger partial charge in [0.15, 0.2) is 0 Å². The van der Waals surface area contributed by atoms with Gasteiger partial charge >= 0.3 is 0 Å². The molecule has 0 bridgehead atoms. The fraction of sp³-hybridized carbons (Fsp3) is 0.417. The third-order valence-electron chi connectivity index (χ3n) is 2.23. The second-order valence-electron chi connectivity index (χ2n) is 3.77. The topological polar surface area (TPSA) is 41.1 Å². The van der Waals surface area contributed by atoms with E-state index in [-0.39, 0.29) is 5.91 Å². The van der Waals surface area contributed by atoms with Crippen LogP contribution in [0.4, 0.5) is 5.69 Å². The first-order chi connectivity index (χ1) is 7.54. The van der Waals surface area contributed by atoms with E-state index in [0.29, 0.717) is 6.54 Å². The van der Waals surface area contributed by atoms with Gasteiger partial charge in [-0.2, -0.15) is 0 Å². The maximum absolute atomic E-state index is 11.6. The van der Waals surface area contributed by atoms with Crippen molar-refractivity contribution in [1.29, 1.82) is 0 Å². The summed E-state index contributed by atoms with van der Waals surface area (Å²) < 4.78 is 0.926. The molecule has 0 radical (unpaired) electrons. The molecule has 0 aliphatic heterocycles. The van der Waals surface area contributed by atoms with E-state index in [2.05, 4.69) is 26.6 Å². The highest BCUT2D eigenvalue weighted by Gasteiger charge is 2.08. The standard InChI is InChI=1S/C12H17BrN2O/c1-4-14-7-11(16)15-12-9(3)5-8(2)6-10(12)13/h5-6,14H,4,7H2,1-3H3,(H,15,16). The number of aryl methyl sites for hydroxylation is 2. The van der Waals surface area contributed by atoms with Gasteiger partial charge in [0.2, 0.25) is 5.91 Å². The van der Waals surface area contributed by atoms with Crippen molar-refractivity contribution in [1.82, 2.24) is 5.32 Å². The summed E-state index contributed by atoms with van der Waals surface area (Å²) in [5.41, 5.74) is 3.10. The first-order valence-corrected chi connectivity index (χ1v) is 6.11. The van der Waals surface area contributed by atoms with Gasteiger partial charge in [-0.1, -0.05) is 13.0 Å². The van der Waals surface area contributed by atoms with Crippen LogP contribution in [0.1, 0.15) is 18.1 Å². The van der Waals surface area contributed by atoms with Crippen LogP contribution in [0, 0.1) is 13.8 Å². The highest BCUT2D eigenvalue weighted by atomic mass is 79.9. The predicted molar refractivity (Wildman–Crippen MR) is 70.8 cm³/mol. The van der Waals surface area contributed by atoms with Crippen molar-refractivity contribution in [2.45, 2.75) is 20.8 Å². The van der Waals surface area contributed by atoms with Crippen molar-refractivity contribution in [2.24, 2.45) is 0 Å². The molecule has 0 unspecified atom stereocenters. The van der Waals surface area contributed by atoms with Gasteiger partial charge in [-0.3, -0.25) is 4.79 Å². The summed E-state index contributed by atoms with van der Waals surface area (Å²) in [4.78, 5) is 11.6. The van der Waals surface area contributed by atoms with E-state index in [9.17, 15) is 4.79 Å². The van der Waals surface area contributed by atoms with Gasteiger partial charge < -0.3 is 10.6 Å². The number of hydrogen-bond donors (Lipinski definition) is 2. The number of amides is 1. The van der Waals surface area contributed by atoms with Crippen molar-refractivity contribution < 1.29 is 4.79 Å². The van der Waals surface area contributed by atoms with Crippen molar-refractivity contribution in [3.63, 3.8) is 0 Å². The predicted octanol–water partition coefficient (Wildman–Crippen LogP) is 2.61. The lowest BCUT2D eigenvalue weighted by atomic mass is 10.1. The van der Waals surface area contributed by atoms with Crippen LogP contribution in [-0.2, 0) is 4.79 Å². The molecule has 0 spiro atoms. The van der Waals surface area contributed by atoms with E-state index in [4.69, 9.17) is 0 Å². The minimum Gasteiger partial charge on any atom is -0.324 e. The molecule has 1 amide bonds. The summed E-state index contributed by atoms with van der Waals surface area (Å²) in [6.07, 6.45) is 0. The molecule has 0 atom stereocenters. The van der Waals surface area contributed by atoms with Gasteiger partial charge in [-0.15, -0.1) is 0 Å². The average Bonchev–Trinajstić information content (AvgIpc) is 2.20. The van der Waals surface area contributed by atoms with Crippen LogP contribution in [0.15, 0.2) is 16.6 Å². The lowest BCUT2D eigenvalue weighted by Gasteiger charge is -2.11. The Morgan fingerprint density at radius 2 is 2.06 bits per heavy atom. The lowest BCUT2D eigenvalue weighted by Crippen LogP contribution is -2.28. The zero-order valence-corrected chi connectivity index (χ0v) is 11.4. The molecule has 0 heterocycles. The van der Waals surface area contributed by atoms with Crippen molar-refractivity contribution >= 4 is 27.5 Å². The van der Waals surface area contributed by atoms with Crippen molar-refractivity contribution in [3.8, 4) is 0 Å². The molecule has 1 aromatic carbocycles. The van der Waals surface area contributed by atoms with Crippen LogP contribution in [0.2, 0.25) is 0 Å². The largest absolute Gasteiger partial charge is 0.324 e.